The first-order valence-electron chi connectivity index (χ1n) is 7.07. The lowest BCUT2D eigenvalue weighted by molar-refractivity contribution is -0.0811. The van der Waals surface area contributed by atoms with E-state index in [0.717, 1.165) is 42.5 Å². The molecule has 0 spiro atoms. The van der Waals surface area contributed by atoms with E-state index in [1.165, 1.54) is 12.1 Å². The summed E-state index contributed by atoms with van der Waals surface area (Å²) in [5.41, 5.74) is 8.48. The van der Waals surface area contributed by atoms with E-state index in [9.17, 15) is 0 Å². The molecule has 0 aliphatic carbocycles. The Labute approximate surface area is 123 Å². The van der Waals surface area contributed by atoms with Crippen molar-refractivity contribution in [2.24, 2.45) is 12.8 Å². The fraction of sp³-hybridized carbons (Fsp3) is 0.786. The first kappa shape index (κ1) is 15.0. The maximum atomic E-state index is 6.42. The van der Waals surface area contributed by atoms with Gasteiger partial charge in [0, 0.05) is 26.1 Å². The third kappa shape index (κ3) is 3.03. The van der Waals surface area contributed by atoms with Gasteiger partial charge < -0.3 is 10.5 Å². The van der Waals surface area contributed by atoms with E-state index in [-0.39, 0.29) is 11.6 Å². The van der Waals surface area contributed by atoms with Gasteiger partial charge in [-0.2, -0.15) is 5.10 Å². The molecule has 2 unspecified atom stereocenters. The topological polar surface area (TPSA) is 53.1 Å². The Morgan fingerprint density at radius 3 is 2.79 bits per heavy atom. The van der Waals surface area contributed by atoms with E-state index in [1.807, 2.05) is 11.7 Å². The van der Waals surface area contributed by atoms with E-state index in [1.54, 1.807) is 0 Å². The fourth-order valence-corrected chi connectivity index (χ4v) is 3.49. The summed E-state index contributed by atoms with van der Waals surface area (Å²) >= 11 is 3.65. The van der Waals surface area contributed by atoms with Crippen molar-refractivity contribution in [1.82, 2.24) is 9.78 Å². The molecule has 0 amide bonds. The van der Waals surface area contributed by atoms with Gasteiger partial charge in [0.05, 0.1) is 21.5 Å². The van der Waals surface area contributed by atoms with Gasteiger partial charge in [0.15, 0.2) is 0 Å². The Bertz CT molecular complexity index is 438. The van der Waals surface area contributed by atoms with E-state index in [0.29, 0.717) is 0 Å². The highest BCUT2D eigenvalue weighted by Crippen LogP contribution is 2.30. The lowest BCUT2D eigenvalue weighted by Gasteiger charge is -2.38. The second-order valence-electron chi connectivity index (χ2n) is 5.61. The van der Waals surface area contributed by atoms with Crippen molar-refractivity contribution in [3.63, 3.8) is 0 Å². The van der Waals surface area contributed by atoms with Gasteiger partial charge in [-0.3, -0.25) is 4.68 Å². The van der Waals surface area contributed by atoms with Crippen molar-refractivity contribution >= 4 is 15.9 Å². The predicted octanol–water partition coefficient (Wildman–Crippen LogP) is 2.57. The van der Waals surface area contributed by atoms with Crippen LogP contribution in [0, 0.1) is 0 Å². The monoisotopic (exact) mass is 329 g/mol. The van der Waals surface area contributed by atoms with E-state index in [4.69, 9.17) is 10.5 Å². The minimum atomic E-state index is -0.200. The summed E-state index contributed by atoms with van der Waals surface area (Å²) < 4.78 is 8.99. The minimum absolute atomic E-state index is 0.00389. The average Bonchev–Trinajstić information content (AvgIpc) is 2.67. The molecule has 5 heteroatoms. The van der Waals surface area contributed by atoms with Crippen LogP contribution in [0.25, 0.3) is 0 Å². The van der Waals surface area contributed by atoms with Crippen molar-refractivity contribution in [3.05, 3.63) is 15.9 Å². The molecule has 0 radical (unpaired) electrons. The molecule has 1 aliphatic heterocycles. The fourth-order valence-electron chi connectivity index (χ4n) is 2.71. The van der Waals surface area contributed by atoms with Crippen LogP contribution in [0.2, 0.25) is 0 Å². The first-order valence-corrected chi connectivity index (χ1v) is 7.87. The summed E-state index contributed by atoms with van der Waals surface area (Å²) in [5, 5.41) is 4.52. The lowest BCUT2D eigenvalue weighted by Crippen LogP contribution is -2.51. The molecule has 0 saturated carbocycles. The lowest BCUT2D eigenvalue weighted by atomic mass is 9.86. The van der Waals surface area contributed by atoms with Crippen molar-refractivity contribution in [1.29, 1.82) is 0 Å². The van der Waals surface area contributed by atoms with Gasteiger partial charge in [0.25, 0.3) is 0 Å². The smallest absolute Gasteiger partial charge is 0.0808 e. The van der Waals surface area contributed by atoms with Crippen LogP contribution in [0.5, 0.6) is 0 Å². The summed E-state index contributed by atoms with van der Waals surface area (Å²) in [6.45, 7) is 5.08. The van der Waals surface area contributed by atoms with Gasteiger partial charge in [0.2, 0.25) is 0 Å². The molecule has 2 heterocycles. The Balaban J connectivity index is 2.14. The van der Waals surface area contributed by atoms with Crippen LogP contribution in [-0.2, 0) is 24.6 Å². The summed E-state index contributed by atoms with van der Waals surface area (Å²) in [7, 11) is 1.98. The second-order valence-corrected chi connectivity index (χ2v) is 6.41. The summed E-state index contributed by atoms with van der Waals surface area (Å²) in [4.78, 5) is 0. The third-order valence-corrected chi connectivity index (χ3v) is 5.12. The Kier molecular flexibility index (Phi) is 4.69. The Morgan fingerprint density at radius 2 is 2.26 bits per heavy atom. The van der Waals surface area contributed by atoms with Crippen LogP contribution in [0.15, 0.2) is 4.47 Å². The SMILES string of the molecule is CCc1nn(C)c(CC(N)C2(C)CCCCO2)c1Br. The summed E-state index contributed by atoms with van der Waals surface area (Å²) in [5.74, 6) is 0. The molecule has 2 N–H and O–H groups in total. The number of rotatable bonds is 4. The summed E-state index contributed by atoms with van der Waals surface area (Å²) in [6, 6.07) is 0.00389. The first-order chi connectivity index (χ1) is 8.98. The number of nitrogens with zero attached hydrogens (tertiary/aromatic N) is 2. The van der Waals surface area contributed by atoms with Crippen LogP contribution < -0.4 is 5.73 Å². The summed E-state index contributed by atoms with van der Waals surface area (Å²) in [6.07, 6.45) is 5.12. The minimum Gasteiger partial charge on any atom is -0.374 e. The molecule has 1 aliphatic rings. The van der Waals surface area contributed by atoms with Gasteiger partial charge >= 0.3 is 0 Å². The van der Waals surface area contributed by atoms with Crippen molar-refractivity contribution in [3.8, 4) is 0 Å². The van der Waals surface area contributed by atoms with Crippen LogP contribution >= 0.6 is 15.9 Å². The van der Waals surface area contributed by atoms with Gasteiger partial charge in [-0.05, 0) is 48.5 Å². The Morgan fingerprint density at radius 1 is 1.53 bits per heavy atom. The highest BCUT2D eigenvalue weighted by molar-refractivity contribution is 9.10. The molecule has 19 heavy (non-hydrogen) atoms. The second kappa shape index (κ2) is 5.94. The van der Waals surface area contributed by atoms with Gasteiger partial charge in [-0.15, -0.1) is 0 Å². The van der Waals surface area contributed by atoms with E-state index in [2.05, 4.69) is 34.9 Å². The number of hydrogen-bond acceptors (Lipinski definition) is 3. The number of ether oxygens (including phenoxy) is 1. The Hall–Kier alpha value is -0.390. The van der Waals surface area contributed by atoms with Crippen LogP contribution in [-0.4, -0.2) is 28.0 Å². The molecule has 1 aromatic heterocycles. The number of nitrogens with two attached hydrogens (primary N) is 1. The van der Waals surface area contributed by atoms with Gasteiger partial charge in [-0.25, -0.2) is 0 Å². The number of aryl methyl sites for hydroxylation is 2. The molecule has 2 rings (SSSR count). The van der Waals surface area contributed by atoms with E-state index < -0.39 is 0 Å². The van der Waals surface area contributed by atoms with Crippen LogP contribution in [0.4, 0.5) is 0 Å². The molecule has 108 valence electrons. The third-order valence-electron chi connectivity index (χ3n) is 4.20. The molecular weight excluding hydrogens is 306 g/mol. The molecular formula is C14H24BrN3O. The molecule has 1 aromatic rings. The van der Waals surface area contributed by atoms with Crippen molar-refractivity contribution in [2.75, 3.05) is 6.61 Å². The maximum absolute atomic E-state index is 6.42. The quantitative estimate of drug-likeness (QED) is 0.923. The van der Waals surface area contributed by atoms with Crippen molar-refractivity contribution in [2.45, 2.75) is 57.6 Å². The van der Waals surface area contributed by atoms with Crippen LogP contribution in [0.1, 0.15) is 44.5 Å². The normalized spacial score (nSPS) is 25.5. The zero-order chi connectivity index (χ0) is 14.0. The maximum Gasteiger partial charge on any atom is 0.0808 e. The molecule has 1 fully saturated rings. The van der Waals surface area contributed by atoms with Gasteiger partial charge in [-0.1, -0.05) is 6.92 Å². The van der Waals surface area contributed by atoms with Crippen LogP contribution in [0.3, 0.4) is 0 Å². The number of hydrogen-bond donors (Lipinski definition) is 1. The van der Waals surface area contributed by atoms with Crippen molar-refractivity contribution < 1.29 is 4.74 Å². The highest BCUT2D eigenvalue weighted by atomic mass is 79.9. The zero-order valence-corrected chi connectivity index (χ0v) is 13.7. The molecule has 2 atom stereocenters. The number of aromatic nitrogens is 2. The number of halogens is 1. The molecule has 1 saturated heterocycles. The standard InChI is InChI=1S/C14H24BrN3O/c1-4-10-13(15)11(18(3)17-10)9-12(16)14(2)7-5-6-8-19-14/h12H,4-9,16H2,1-3H3. The van der Waals surface area contributed by atoms with Gasteiger partial charge in [0.1, 0.15) is 0 Å². The van der Waals surface area contributed by atoms with E-state index >= 15 is 0 Å². The molecule has 0 aromatic carbocycles. The molecule has 4 nitrogen and oxygen atoms in total. The average molecular weight is 330 g/mol. The highest BCUT2D eigenvalue weighted by Gasteiger charge is 2.35. The predicted molar refractivity (Wildman–Crippen MR) is 80.2 cm³/mol. The molecule has 0 bridgehead atoms. The zero-order valence-electron chi connectivity index (χ0n) is 12.1. The largest absolute Gasteiger partial charge is 0.374 e.